The Balaban J connectivity index is 2.06. The Kier molecular flexibility index (Phi) is 4.03. The molecule has 0 aromatic heterocycles. The van der Waals surface area contributed by atoms with Crippen LogP contribution >= 0.6 is 0 Å². The molecule has 0 aliphatic heterocycles. The average molecular weight is 227 g/mol. The molecule has 2 aromatic carbocycles. The van der Waals surface area contributed by atoms with E-state index in [1.807, 2.05) is 54.6 Å². The van der Waals surface area contributed by atoms with Crippen LogP contribution in [0.3, 0.4) is 0 Å². The van der Waals surface area contributed by atoms with Crippen molar-refractivity contribution in [2.45, 2.75) is 13.3 Å². The second kappa shape index (κ2) is 5.94. The van der Waals surface area contributed by atoms with Crippen LogP contribution in [0, 0.1) is 0 Å². The lowest BCUT2D eigenvalue weighted by Gasteiger charge is -2.09. The van der Waals surface area contributed by atoms with Crippen LogP contribution < -0.4 is 10.1 Å². The third-order valence-electron chi connectivity index (χ3n) is 2.37. The number of hydrogen-bond donors (Lipinski definition) is 1. The minimum absolute atomic E-state index is 0.759. The van der Waals surface area contributed by atoms with Gasteiger partial charge in [-0.2, -0.15) is 0 Å². The molecule has 2 rings (SSSR count). The van der Waals surface area contributed by atoms with Crippen LogP contribution in [0.2, 0.25) is 0 Å². The Morgan fingerprint density at radius 1 is 0.941 bits per heavy atom. The molecular weight excluding hydrogens is 210 g/mol. The fourth-order valence-electron chi connectivity index (χ4n) is 1.57. The summed E-state index contributed by atoms with van der Waals surface area (Å²) >= 11 is 0. The molecule has 0 heterocycles. The first-order valence-electron chi connectivity index (χ1n) is 5.93. The number of para-hydroxylation sites is 1. The lowest BCUT2D eigenvalue weighted by molar-refractivity contribution is 0.317. The Hall–Kier alpha value is -1.96. The van der Waals surface area contributed by atoms with Crippen molar-refractivity contribution in [2.24, 2.45) is 0 Å². The van der Waals surface area contributed by atoms with Gasteiger partial charge in [0, 0.05) is 17.4 Å². The van der Waals surface area contributed by atoms with E-state index >= 15 is 0 Å². The smallest absolute Gasteiger partial charge is 0.121 e. The van der Waals surface area contributed by atoms with Crippen molar-refractivity contribution in [1.29, 1.82) is 0 Å². The van der Waals surface area contributed by atoms with E-state index < -0.39 is 0 Å². The predicted molar refractivity (Wildman–Crippen MR) is 72.0 cm³/mol. The first-order chi connectivity index (χ1) is 8.38. The second-order valence-corrected chi connectivity index (χ2v) is 3.87. The minimum atomic E-state index is 0.759. The summed E-state index contributed by atoms with van der Waals surface area (Å²) in [5.74, 6) is 0.910. The Labute approximate surface area is 102 Å². The summed E-state index contributed by atoms with van der Waals surface area (Å²) in [5, 5.41) is 3.34. The van der Waals surface area contributed by atoms with Gasteiger partial charge in [0.2, 0.25) is 0 Å². The molecule has 0 atom stereocenters. The van der Waals surface area contributed by atoms with Crippen LogP contribution in [0.5, 0.6) is 5.75 Å². The molecule has 0 radical (unpaired) electrons. The van der Waals surface area contributed by atoms with Gasteiger partial charge in [0.05, 0.1) is 6.61 Å². The molecule has 0 unspecified atom stereocenters. The highest BCUT2D eigenvalue weighted by Gasteiger charge is 1.97. The quantitative estimate of drug-likeness (QED) is 0.825. The van der Waals surface area contributed by atoms with E-state index in [9.17, 15) is 0 Å². The number of nitrogens with one attached hydrogen (secondary N) is 1. The summed E-state index contributed by atoms with van der Waals surface area (Å²) < 4.78 is 5.59. The van der Waals surface area contributed by atoms with Gasteiger partial charge < -0.3 is 10.1 Å². The maximum atomic E-state index is 5.59. The van der Waals surface area contributed by atoms with Crippen molar-refractivity contribution in [3.05, 3.63) is 54.6 Å². The highest BCUT2D eigenvalue weighted by molar-refractivity contribution is 5.60. The van der Waals surface area contributed by atoms with Gasteiger partial charge in [0.1, 0.15) is 5.75 Å². The lowest BCUT2D eigenvalue weighted by atomic mass is 10.2. The Bertz CT molecular complexity index is 453. The van der Waals surface area contributed by atoms with Gasteiger partial charge in [-0.25, -0.2) is 0 Å². The van der Waals surface area contributed by atoms with Crippen LogP contribution in [0.4, 0.5) is 11.4 Å². The normalized spacial score (nSPS) is 9.94. The monoisotopic (exact) mass is 227 g/mol. The van der Waals surface area contributed by atoms with Crippen LogP contribution in [0.25, 0.3) is 0 Å². The fourth-order valence-corrected chi connectivity index (χ4v) is 1.57. The molecule has 88 valence electrons. The molecule has 0 aliphatic carbocycles. The van der Waals surface area contributed by atoms with Crippen molar-refractivity contribution < 1.29 is 4.74 Å². The number of ether oxygens (including phenoxy) is 1. The SMILES string of the molecule is CCCOc1cccc(Nc2ccccc2)c1. The number of anilines is 2. The molecule has 2 heteroatoms. The summed E-state index contributed by atoms with van der Waals surface area (Å²) in [4.78, 5) is 0. The molecule has 0 amide bonds. The topological polar surface area (TPSA) is 21.3 Å². The van der Waals surface area contributed by atoms with Crippen LogP contribution in [-0.4, -0.2) is 6.61 Å². The van der Waals surface area contributed by atoms with E-state index in [0.717, 1.165) is 30.2 Å². The van der Waals surface area contributed by atoms with Gasteiger partial charge in [0.25, 0.3) is 0 Å². The van der Waals surface area contributed by atoms with E-state index in [-0.39, 0.29) is 0 Å². The number of rotatable bonds is 5. The van der Waals surface area contributed by atoms with Crippen molar-refractivity contribution >= 4 is 11.4 Å². The van der Waals surface area contributed by atoms with Crippen molar-refractivity contribution in [2.75, 3.05) is 11.9 Å². The van der Waals surface area contributed by atoms with E-state index in [2.05, 4.69) is 12.2 Å². The first-order valence-corrected chi connectivity index (χ1v) is 5.93. The summed E-state index contributed by atoms with van der Waals surface area (Å²) in [6.07, 6.45) is 1.02. The van der Waals surface area contributed by atoms with E-state index in [4.69, 9.17) is 4.74 Å². The van der Waals surface area contributed by atoms with Crippen LogP contribution in [0.1, 0.15) is 13.3 Å². The van der Waals surface area contributed by atoms with Crippen LogP contribution in [0.15, 0.2) is 54.6 Å². The predicted octanol–water partition coefficient (Wildman–Crippen LogP) is 4.22. The van der Waals surface area contributed by atoms with Gasteiger partial charge in [-0.1, -0.05) is 31.2 Å². The third kappa shape index (κ3) is 3.52. The van der Waals surface area contributed by atoms with E-state index in [1.54, 1.807) is 0 Å². The van der Waals surface area contributed by atoms with Crippen molar-refractivity contribution in [1.82, 2.24) is 0 Å². The van der Waals surface area contributed by atoms with Crippen LogP contribution in [-0.2, 0) is 0 Å². The molecule has 0 fully saturated rings. The minimum Gasteiger partial charge on any atom is -0.494 e. The van der Waals surface area contributed by atoms with Gasteiger partial charge >= 0.3 is 0 Å². The first kappa shape index (κ1) is 11.5. The largest absolute Gasteiger partial charge is 0.494 e. The molecule has 0 aliphatic rings. The molecule has 0 saturated carbocycles. The molecule has 0 saturated heterocycles. The Morgan fingerprint density at radius 2 is 1.71 bits per heavy atom. The molecule has 1 N–H and O–H groups in total. The highest BCUT2D eigenvalue weighted by Crippen LogP contribution is 2.21. The van der Waals surface area contributed by atoms with E-state index in [1.165, 1.54) is 0 Å². The van der Waals surface area contributed by atoms with Gasteiger partial charge in [-0.3, -0.25) is 0 Å². The molecular formula is C15H17NO. The zero-order valence-corrected chi connectivity index (χ0v) is 10.0. The van der Waals surface area contributed by atoms with Gasteiger partial charge in [-0.15, -0.1) is 0 Å². The standard InChI is InChI=1S/C15H17NO/c1-2-11-17-15-10-6-9-14(12-15)16-13-7-4-3-5-8-13/h3-10,12,16H,2,11H2,1H3. The van der Waals surface area contributed by atoms with Crippen molar-refractivity contribution in [3.63, 3.8) is 0 Å². The number of benzene rings is 2. The molecule has 2 aromatic rings. The molecule has 0 spiro atoms. The lowest BCUT2D eigenvalue weighted by Crippen LogP contribution is -1.96. The summed E-state index contributed by atoms with van der Waals surface area (Å²) in [6.45, 7) is 2.86. The Morgan fingerprint density at radius 3 is 2.47 bits per heavy atom. The molecule has 2 nitrogen and oxygen atoms in total. The van der Waals surface area contributed by atoms with E-state index in [0.29, 0.717) is 0 Å². The maximum absolute atomic E-state index is 5.59. The summed E-state index contributed by atoms with van der Waals surface area (Å²) in [5.41, 5.74) is 2.13. The van der Waals surface area contributed by atoms with Crippen molar-refractivity contribution in [3.8, 4) is 5.75 Å². The zero-order chi connectivity index (χ0) is 11.9. The maximum Gasteiger partial charge on any atom is 0.121 e. The highest BCUT2D eigenvalue weighted by atomic mass is 16.5. The second-order valence-electron chi connectivity index (χ2n) is 3.87. The number of hydrogen-bond acceptors (Lipinski definition) is 2. The summed E-state index contributed by atoms with van der Waals surface area (Å²) in [7, 11) is 0. The summed E-state index contributed by atoms with van der Waals surface area (Å²) in [6, 6.07) is 18.1. The average Bonchev–Trinajstić information content (AvgIpc) is 2.38. The zero-order valence-electron chi connectivity index (χ0n) is 10.0. The third-order valence-corrected chi connectivity index (χ3v) is 2.37. The van der Waals surface area contributed by atoms with Gasteiger partial charge in [0.15, 0.2) is 0 Å². The molecule has 17 heavy (non-hydrogen) atoms. The van der Waals surface area contributed by atoms with Gasteiger partial charge in [-0.05, 0) is 30.7 Å². The fraction of sp³-hybridized carbons (Fsp3) is 0.200. The molecule has 0 bridgehead atoms.